The molecule has 0 aromatic rings. The molecule has 1 rings (SSSR count). The van der Waals surface area contributed by atoms with Crippen LogP contribution in [0.5, 0.6) is 0 Å². The van der Waals surface area contributed by atoms with Crippen LogP contribution < -0.4 is 11.1 Å². The lowest BCUT2D eigenvalue weighted by molar-refractivity contribution is -0.140. The molecule has 0 bridgehead atoms. The van der Waals surface area contributed by atoms with Crippen LogP contribution in [0.2, 0.25) is 0 Å². The summed E-state index contributed by atoms with van der Waals surface area (Å²) in [7, 11) is 0. The zero-order valence-corrected chi connectivity index (χ0v) is 17.0. The third-order valence-electron chi connectivity index (χ3n) is 4.89. The van der Waals surface area contributed by atoms with E-state index in [0.29, 0.717) is 52.4 Å². The molecular weight excluding hydrogens is 382 g/mol. The van der Waals surface area contributed by atoms with Gasteiger partial charge < -0.3 is 26.4 Å². The van der Waals surface area contributed by atoms with Gasteiger partial charge in [0.25, 0.3) is 0 Å². The van der Waals surface area contributed by atoms with Crippen LogP contribution >= 0.6 is 0 Å². The zero-order chi connectivity index (χ0) is 21.6. The molecule has 6 N–H and O–H groups in total. The number of nitrogens with two attached hydrogens (primary N) is 1. The average Bonchev–Trinajstić information content (AvgIpc) is 2.61. The lowest BCUT2D eigenvalue weighted by Crippen LogP contribution is -2.50. The van der Waals surface area contributed by atoms with Gasteiger partial charge in [0.05, 0.1) is 19.6 Å². The van der Waals surface area contributed by atoms with Crippen LogP contribution in [-0.4, -0.2) is 126 Å². The Morgan fingerprint density at radius 3 is 1.79 bits per heavy atom. The Balaban J connectivity index is 2.87. The molecule has 168 valence electrons. The van der Waals surface area contributed by atoms with Crippen molar-refractivity contribution < 1.29 is 29.7 Å². The van der Waals surface area contributed by atoms with Gasteiger partial charge in [0.15, 0.2) is 0 Å². The highest BCUT2D eigenvalue weighted by Gasteiger charge is 2.21. The molecule has 1 aliphatic rings. The highest BCUT2D eigenvalue weighted by molar-refractivity contribution is 5.69. The number of nitrogens with zero attached hydrogens (tertiary/aromatic N) is 3. The molecule has 0 radical (unpaired) electrons. The van der Waals surface area contributed by atoms with Crippen molar-refractivity contribution in [2.75, 3.05) is 72.0 Å². The van der Waals surface area contributed by atoms with Gasteiger partial charge in [-0.15, -0.1) is 0 Å². The number of hydrogen-bond acceptors (Lipinski definition) is 8. The van der Waals surface area contributed by atoms with E-state index in [0.717, 1.165) is 19.3 Å². The standard InChI is InChI=1S/C18H35N5O6/c19-4-2-1-3-15-11-23(14-18(28)29)10-9-22(13-17(26)27)8-7-21(6-5-20-15)12-16(24)25/h15,20H,1-14,19H2,(H,24,25)(H,26,27)(H,28,29). The fourth-order valence-corrected chi connectivity index (χ4v) is 3.45. The van der Waals surface area contributed by atoms with Gasteiger partial charge in [0, 0.05) is 51.9 Å². The van der Waals surface area contributed by atoms with E-state index >= 15 is 0 Å². The molecule has 1 unspecified atom stereocenters. The molecule has 0 aromatic heterocycles. The highest BCUT2D eigenvalue weighted by Crippen LogP contribution is 2.05. The number of aliphatic carboxylic acids is 3. The van der Waals surface area contributed by atoms with Crippen molar-refractivity contribution in [3.63, 3.8) is 0 Å². The van der Waals surface area contributed by atoms with E-state index < -0.39 is 17.9 Å². The minimum Gasteiger partial charge on any atom is -0.480 e. The fourth-order valence-electron chi connectivity index (χ4n) is 3.45. The Labute approximate surface area is 171 Å². The molecule has 1 fully saturated rings. The topological polar surface area (TPSA) is 160 Å². The maximum Gasteiger partial charge on any atom is 0.317 e. The number of carboxylic acids is 3. The quantitative estimate of drug-likeness (QED) is 0.256. The van der Waals surface area contributed by atoms with E-state index in [1.807, 2.05) is 4.90 Å². The second-order valence-corrected chi connectivity index (χ2v) is 7.40. The van der Waals surface area contributed by atoms with Crippen molar-refractivity contribution in [1.82, 2.24) is 20.0 Å². The largest absolute Gasteiger partial charge is 0.480 e. The van der Waals surface area contributed by atoms with Crippen molar-refractivity contribution in [2.24, 2.45) is 5.73 Å². The minimum atomic E-state index is -0.965. The van der Waals surface area contributed by atoms with Crippen LogP contribution in [0, 0.1) is 0 Å². The summed E-state index contributed by atoms with van der Waals surface area (Å²) in [6.45, 7) is 3.48. The molecule has 11 heteroatoms. The average molecular weight is 418 g/mol. The van der Waals surface area contributed by atoms with Gasteiger partial charge in [-0.25, -0.2) is 0 Å². The van der Waals surface area contributed by atoms with Gasteiger partial charge in [0.2, 0.25) is 0 Å². The molecular formula is C18H35N5O6. The van der Waals surface area contributed by atoms with E-state index in [4.69, 9.17) is 15.9 Å². The molecule has 0 aliphatic carbocycles. The molecule has 0 saturated carbocycles. The maximum absolute atomic E-state index is 11.3. The second kappa shape index (κ2) is 14.2. The summed E-state index contributed by atoms with van der Waals surface area (Å²) in [5, 5.41) is 31.0. The molecule has 0 amide bonds. The first-order chi connectivity index (χ1) is 13.8. The number of carbonyl (C=O) groups is 3. The second-order valence-electron chi connectivity index (χ2n) is 7.40. The summed E-state index contributed by atoms with van der Waals surface area (Å²) >= 11 is 0. The smallest absolute Gasteiger partial charge is 0.317 e. The third kappa shape index (κ3) is 12.4. The Kier molecular flexibility index (Phi) is 12.4. The maximum atomic E-state index is 11.3. The Morgan fingerprint density at radius 2 is 1.28 bits per heavy atom. The summed E-state index contributed by atoms with van der Waals surface area (Å²) < 4.78 is 0. The molecule has 0 aromatic carbocycles. The molecule has 29 heavy (non-hydrogen) atoms. The predicted octanol–water partition coefficient (Wildman–Crippen LogP) is -1.75. The summed E-state index contributed by atoms with van der Waals surface area (Å²) in [6, 6.07) is 0.0555. The first-order valence-corrected chi connectivity index (χ1v) is 10.1. The van der Waals surface area contributed by atoms with Crippen molar-refractivity contribution in [1.29, 1.82) is 0 Å². The molecule has 1 heterocycles. The van der Waals surface area contributed by atoms with Gasteiger partial charge in [-0.2, -0.15) is 0 Å². The molecule has 1 atom stereocenters. The van der Waals surface area contributed by atoms with Gasteiger partial charge in [0.1, 0.15) is 0 Å². The van der Waals surface area contributed by atoms with Crippen molar-refractivity contribution >= 4 is 17.9 Å². The summed E-state index contributed by atoms with van der Waals surface area (Å²) in [5.41, 5.74) is 5.57. The lowest BCUT2D eigenvalue weighted by Gasteiger charge is -2.32. The van der Waals surface area contributed by atoms with Crippen LogP contribution in [0.15, 0.2) is 0 Å². The first-order valence-electron chi connectivity index (χ1n) is 10.1. The van der Waals surface area contributed by atoms with Gasteiger partial charge >= 0.3 is 17.9 Å². The van der Waals surface area contributed by atoms with Crippen LogP contribution in [0.3, 0.4) is 0 Å². The Bertz CT molecular complexity index is 521. The fraction of sp³-hybridized carbons (Fsp3) is 0.833. The molecule has 1 saturated heterocycles. The van der Waals surface area contributed by atoms with Crippen LogP contribution in [-0.2, 0) is 14.4 Å². The summed E-state index contributed by atoms with van der Waals surface area (Å²) in [4.78, 5) is 38.9. The number of hydrogen-bond donors (Lipinski definition) is 5. The Morgan fingerprint density at radius 1 is 0.793 bits per heavy atom. The lowest BCUT2D eigenvalue weighted by atomic mass is 10.1. The summed E-state index contributed by atoms with van der Waals surface area (Å²) in [6.07, 6.45) is 2.64. The molecule has 11 nitrogen and oxygen atoms in total. The first kappa shape index (κ1) is 25.2. The number of rotatable bonds is 10. The SMILES string of the molecule is NCCCCC1CN(CC(=O)O)CCN(CC(=O)O)CCN(CC(=O)O)CCN1. The van der Waals surface area contributed by atoms with Crippen molar-refractivity contribution in [2.45, 2.75) is 25.3 Å². The summed E-state index contributed by atoms with van der Waals surface area (Å²) in [5.74, 6) is -2.81. The van der Waals surface area contributed by atoms with Crippen molar-refractivity contribution in [3.8, 4) is 0 Å². The van der Waals surface area contributed by atoms with Gasteiger partial charge in [-0.1, -0.05) is 6.42 Å². The van der Waals surface area contributed by atoms with Crippen LogP contribution in [0.1, 0.15) is 19.3 Å². The van der Waals surface area contributed by atoms with E-state index in [2.05, 4.69) is 5.32 Å². The number of unbranched alkanes of at least 4 members (excludes halogenated alkanes) is 1. The number of carboxylic acid groups (broad SMARTS) is 3. The highest BCUT2D eigenvalue weighted by atomic mass is 16.4. The van der Waals surface area contributed by atoms with E-state index in [1.54, 1.807) is 9.80 Å². The molecule has 0 spiro atoms. The monoisotopic (exact) mass is 417 g/mol. The van der Waals surface area contributed by atoms with Crippen molar-refractivity contribution in [3.05, 3.63) is 0 Å². The Hall–Kier alpha value is -1.79. The normalized spacial score (nSPS) is 21.2. The van der Waals surface area contributed by atoms with Gasteiger partial charge in [-0.05, 0) is 19.4 Å². The molecule has 1 aliphatic heterocycles. The van der Waals surface area contributed by atoms with E-state index in [1.165, 1.54) is 0 Å². The predicted molar refractivity (Wildman–Crippen MR) is 107 cm³/mol. The minimum absolute atomic E-state index is 0.0555. The van der Waals surface area contributed by atoms with Crippen LogP contribution in [0.4, 0.5) is 0 Å². The van der Waals surface area contributed by atoms with E-state index in [9.17, 15) is 19.5 Å². The zero-order valence-electron chi connectivity index (χ0n) is 17.0. The van der Waals surface area contributed by atoms with Crippen LogP contribution in [0.25, 0.3) is 0 Å². The third-order valence-corrected chi connectivity index (χ3v) is 4.89. The number of nitrogens with one attached hydrogen (secondary N) is 1. The van der Waals surface area contributed by atoms with Gasteiger partial charge in [-0.3, -0.25) is 29.1 Å². The van der Waals surface area contributed by atoms with E-state index in [-0.39, 0.29) is 25.7 Å².